The maximum absolute atomic E-state index is 13.3. The van der Waals surface area contributed by atoms with Crippen LogP contribution in [0.15, 0.2) is 0 Å². The molecule has 1 unspecified atom stereocenters. The van der Waals surface area contributed by atoms with Gasteiger partial charge in [-0.1, -0.05) is 0 Å². The predicted molar refractivity (Wildman–Crippen MR) is 36.9 cm³/mol. The fraction of sp³-hybridized carbons (Fsp3) is 1.00. The van der Waals surface area contributed by atoms with E-state index in [1.807, 2.05) is 0 Å². The van der Waals surface area contributed by atoms with Gasteiger partial charge in [-0.05, 0) is 13.8 Å². The molecule has 11 heavy (non-hydrogen) atoms. The fourth-order valence-electron chi connectivity index (χ4n) is 1.22. The number of halogens is 1. The van der Waals surface area contributed by atoms with Gasteiger partial charge in [-0.15, -0.1) is 0 Å². The van der Waals surface area contributed by atoms with Crippen LogP contribution in [0.25, 0.3) is 0 Å². The number of hydrogen-bond donors (Lipinski definition) is 2. The third-order valence-electron chi connectivity index (χ3n) is 2.28. The molecule has 66 valence electrons. The molecule has 0 radical (unpaired) electrons. The van der Waals surface area contributed by atoms with E-state index in [2.05, 4.69) is 0 Å². The Balaban J connectivity index is 2.71. The highest BCUT2D eigenvalue weighted by molar-refractivity contribution is 4.98. The van der Waals surface area contributed by atoms with Gasteiger partial charge < -0.3 is 14.9 Å². The lowest BCUT2D eigenvalue weighted by atomic mass is 9.96. The van der Waals surface area contributed by atoms with Crippen LogP contribution in [0.2, 0.25) is 0 Å². The van der Waals surface area contributed by atoms with Gasteiger partial charge in [0.25, 0.3) is 0 Å². The van der Waals surface area contributed by atoms with E-state index in [1.165, 1.54) is 6.92 Å². The summed E-state index contributed by atoms with van der Waals surface area (Å²) in [6.45, 7) is 2.47. The molecule has 1 heterocycles. The number of ether oxygens (including phenoxy) is 1. The van der Waals surface area contributed by atoms with Gasteiger partial charge in [0.05, 0.1) is 12.7 Å². The molecule has 1 rings (SSSR count). The van der Waals surface area contributed by atoms with Gasteiger partial charge in [0.2, 0.25) is 0 Å². The van der Waals surface area contributed by atoms with Gasteiger partial charge in [0.15, 0.2) is 5.67 Å². The van der Waals surface area contributed by atoms with E-state index in [1.54, 1.807) is 6.92 Å². The van der Waals surface area contributed by atoms with E-state index in [9.17, 15) is 9.50 Å². The minimum absolute atomic E-state index is 0.342. The van der Waals surface area contributed by atoms with Crippen LogP contribution in [0.4, 0.5) is 4.39 Å². The molecule has 4 atom stereocenters. The SMILES string of the molecule is C[C@@H]1O[C@H](CO)[C@H](O)C1(C)F. The molecule has 0 saturated carbocycles. The Morgan fingerprint density at radius 3 is 2.36 bits per heavy atom. The van der Waals surface area contributed by atoms with Crippen molar-refractivity contribution in [3.05, 3.63) is 0 Å². The van der Waals surface area contributed by atoms with E-state index in [-0.39, 0.29) is 6.61 Å². The van der Waals surface area contributed by atoms with Gasteiger partial charge in [-0.25, -0.2) is 4.39 Å². The van der Waals surface area contributed by atoms with Crippen LogP contribution >= 0.6 is 0 Å². The first-order valence-corrected chi connectivity index (χ1v) is 3.63. The summed E-state index contributed by atoms with van der Waals surface area (Å²) in [6, 6.07) is 0. The van der Waals surface area contributed by atoms with Gasteiger partial charge in [0.1, 0.15) is 12.2 Å². The van der Waals surface area contributed by atoms with Gasteiger partial charge in [-0.2, -0.15) is 0 Å². The van der Waals surface area contributed by atoms with Crippen molar-refractivity contribution < 1.29 is 19.3 Å². The van der Waals surface area contributed by atoms with Crippen LogP contribution in [0.1, 0.15) is 13.8 Å². The number of aliphatic hydroxyl groups is 2. The summed E-state index contributed by atoms with van der Waals surface area (Å²) in [5.74, 6) is 0. The molecule has 0 bridgehead atoms. The van der Waals surface area contributed by atoms with Crippen molar-refractivity contribution in [2.24, 2.45) is 0 Å². The van der Waals surface area contributed by atoms with Crippen LogP contribution in [-0.4, -0.2) is 40.8 Å². The molecule has 0 spiro atoms. The van der Waals surface area contributed by atoms with Gasteiger partial charge in [0, 0.05) is 0 Å². The molecule has 2 N–H and O–H groups in total. The molecule has 0 aromatic heterocycles. The average molecular weight is 164 g/mol. The molecular formula is C7H13FO3. The van der Waals surface area contributed by atoms with E-state index in [0.717, 1.165) is 0 Å². The smallest absolute Gasteiger partial charge is 0.162 e. The Hall–Kier alpha value is -0.190. The second-order valence-corrected chi connectivity index (χ2v) is 3.10. The Morgan fingerprint density at radius 1 is 1.64 bits per heavy atom. The van der Waals surface area contributed by atoms with Crippen molar-refractivity contribution in [1.29, 1.82) is 0 Å². The van der Waals surface area contributed by atoms with Crippen LogP contribution in [0, 0.1) is 0 Å². The highest BCUT2D eigenvalue weighted by atomic mass is 19.1. The molecule has 0 amide bonds. The summed E-state index contributed by atoms with van der Waals surface area (Å²) in [5, 5.41) is 17.9. The Kier molecular flexibility index (Phi) is 2.18. The van der Waals surface area contributed by atoms with E-state index in [4.69, 9.17) is 9.84 Å². The molecular weight excluding hydrogens is 151 g/mol. The lowest BCUT2D eigenvalue weighted by Gasteiger charge is -2.20. The highest BCUT2D eigenvalue weighted by Crippen LogP contribution is 2.33. The van der Waals surface area contributed by atoms with E-state index in [0.29, 0.717) is 0 Å². The van der Waals surface area contributed by atoms with Gasteiger partial charge in [-0.3, -0.25) is 0 Å². The number of hydrogen-bond acceptors (Lipinski definition) is 3. The summed E-state index contributed by atoms with van der Waals surface area (Å²) in [6.07, 6.45) is -2.66. The van der Waals surface area contributed by atoms with E-state index >= 15 is 0 Å². The van der Waals surface area contributed by atoms with Crippen molar-refractivity contribution in [1.82, 2.24) is 0 Å². The summed E-state index contributed by atoms with van der Waals surface area (Å²) >= 11 is 0. The second-order valence-electron chi connectivity index (χ2n) is 3.10. The van der Waals surface area contributed by atoms with Crippen molar-refractivity contribution in [2.75, 3.05) is 6.61 Å². The lowest BCUT2D eigenvalue weighted by Crippen LogP contribution is -2.40. The number of aliphatic hydroxyl groups excluding tert-OH is 2. The highest BCUT2D eigenvalue weighted by Gasteiger charge is 2.51. The molecule has 0 aromatic rings. The summed E-state index contributed by atoms with van der Waals surface area (Å²) in [4.78, 5) is 0. The normalized spacial score (nSPS) is 51.5. The van der Waals surface area contributed by atoms with E-state index < -0.39 is 24.0 Å². The number of rotatable bonds is 1. The van der Waals surface area contributed by atoms with Gasteiger partial charge >= 0.3 is 0 Å². The molecule has 0 aromatic carbocycles. The Labute approximate surface area is 64.8 Å². The average Bonchev–Trinajstić information content (AvgIpc) is 2.14. The maximum Gasteiger partial charge on any atom is 0.162 e. The molecule has 1 aliphatic rings. The van der Waals surface area contributed by atoms with Crippen LogP contribution in [0.5, 0.6) is 0 Å². The third kappa shape index (κ3) is 1.26. The third-order valence-corrected chi connectivity index (χ3v) is 2.28. The quantitative estimate of drug-likeness (QED) is 0.567. The zero-order valence-corrected chi connectivity index (χ0v) is 6.62. The first kappa shape index (κ1) is 8.90. The first-order valence-electron chi connectivity index (χ1n) is 3.63. The summed E-state index contributed by atoms with van der Waals surface area (Å²) in [7, 11) is 0. The molecule has 4 heteroatoms. The number of alkyl halides is 1. The molecule has 1 saturated heterocycles. The standard InChI is InChI=1S/C7H13FO3/c1-4-7(2,8)6(10)5(3-9)11-4/h4-6,9-10H,3H2,1-2H3/t4-,5+,6-,7?/m0/s1. The first-order chi connectivity index (χ1) is 5.00. The maximum atomic E-state index is 13.3. The van der Waals surface area contributed by atoms with Crippen molar-refractivity contribution in [2.45, 2.75) is 37.8 Å². The molecule has 3 nitrogen and oxygen atoms in total. The zero-order valence-electron chi connectivity index (χ0n) is 6.62. The molecule has 1 aliphatic heterocycles. The molecule has 0 aliphatic carbocycles. The predicted octanol–water partition coefficient (Wildman–Crippen LogP) is -0.145. The minimum atomic E-state index is -1.74. The summed E-state index contributed by atoms with van der Waals surface area (Å²) < 4.78 is 18.3. The van der Waals surface area contributed by atoms with Crippen molar-refractivity contribution >= 4 is 0 Å². The van der Waals surface area contributed by atoms with Crippen molar-refractivity contribution in [3.8, 4) is 0 Å². The van der Waals surface area contributed by atoms with Crippen LogP contribution in [-0.2, 0) is 4.74 Å². The lowest BCUT2D eigenvalue weighted by molar-refractivity contribution is -0.0172. The monoisotopic (exact) mass is 164 g/mol. The Bertz CT molecular complexity index is 149. The summed E-state index contributed by atoms with van der Waals surface area (Å²) in [5.41, 5.74) is -1.74. The largest absolute Gasteiger partial charge is 0.394 e. The van der Waals surface area contributed by atoms with Crippen LogP contribution in [0.3, 0.4) is 0 Å². The Morgan fingerprint density at radius 2 is 2.18 bits per heavy atom. The zero-order chi connectivity index (χ0) is 8.65. The topological polar surface area (TPSA) is 49.7 Å². The minimum Gasteiger partial charge on any atom is -0.394 e. The van der Waals surface area contributed by atoms with Crippen LogP contribution < -0.4 is 0 Å². The fourth-order valence-corrected chi connectivity index (χ4v) is 1.22. The second kappa shape index (κ2) is 2.69. The molecule has 1 fully saturated rings. The van der Waals surface area contributed by atoms with Crippen molar-refractivity contribution in [3.63, 3.8) is 0 Å².